The van der Waals surface area contributed by atoms with E-state index in [0.717, 1.165) is 31.1 Å². The molecule has 6 heteroatoms. The smallest absolute Gasteiger partial charge is 0.246 e. The number of nitrogens with one attached hydrogen (secondary N) is 1. The summed E-state index contributed by atoms with van der Waals surface area (Å²) in [6.07, 6.45) is 2.97. The Hall–Kier alpha value is -0.980. The van der Waals surface area contributed by atoms with Crippen molar-refractivity contribution in [3.63, 3.8) is 0 Å². The molecule has 0 spiro atoms. The summed E-state index contributed by atoms with van der Waals surface area (Å²) in [5, 5.41) is 4.21. The maximum absolute atomic E-state index is 11.7. The second-order valence-corrected chi connectivity index (χ2v) is 6.98. The fourth-order valence-electron chi connectivity index (χ4n) is 2.73. The van der Waals surface area contributed by atoms with E-state index >= 15 is 0 Å². The molecule has 118 valence electrons. The number of ether oxygens (including phenoxy) is 1. The van der Waals surface area contributed by atoms with Crippen LogP contribution in [0.1, 0.15) is 30.2 Å². The molecule has 0 aliphatic carbocycles. The van der Waals surface area contributed by atoms with Gasteiger partial charge in [0.15, 0.2) is 0 Å². The number of piperidine rings is 1. The monoisotopic (exact) mass is 311 g/mol. The molecule has 5 nitrogen and oxygen atoms in total. The number of carbonyl (C=O) groups excluding carboxylic acids is 1. The molecule has 0 saturated carbocycles. The number of hydrogen-bond acceptors (Lipinski definition) is 5. The van der Waals surface area contributed by atoms with Crippen LogP contribution in [0.3, 0.4) is 0 Å². The molecule has 2 heterocycles. The first-order chi connectivity index (χ1) is 10.1. The molecule has 2 atom stereocenters. The van der Waals surface area contributed by atoms with Gasteiger partial charge in [-0.1, -0.05) is 6.92 Å². The highest BCUT2D eigenvalue weighted by molar-refractivity contribution is 7.11. The first-order valence-corrected chi connectivity index (χ1v) is 8.41. The lowest BCUT2D eigenvalue weighted by molar-refractivity contribution is -0.127. The van der Waals surface area contributed by atoms with E-state index in [4.69, 9.17) is 4.74 Å². The number of thiazole rings is 1. The van der Waals surface area contributed by atoms with Crippen molar-refractivity contribution < 1.29 is 9.53 Å². The van der Waals surface area contributed by atoms with Gasteiger partial charge in [-0.2, -0.15) is 0 Å². The maximum Gasteiger partial charge on any atom is 0.246 e. The summed E-state index contributed by atoms with van der Waals surface area (Å²) in [6, 6.07) is 0.261. The largest absolute Gasteiger partial charge is 0.372 e. The van der Waals surface area contributed by atoms with E-state index < -0.39 is 0 Å². The van der Waals surface area contributed by atoms with E-state index in [9.17, 15) is 4.79 Å². The van der Waals surface area contributed by atoms with Crippen LogP contribution in [0.2, 0.25) is 0 Å². The van der Waals surface area contributed by atoms with Crippen LogP contribution in [0.4, 0.5) is 0 Å². The average molecular weight is 311 g/mol. The molecule has 2 rings (SSSR count). The standard InChI is InChI=1S/C15H25N3O2S/c1-4-20-10-15(19)17-14-5-6-18(8-11(14)2)9-13-7-16-12(3)21-13/h7,11,14H,4-6,8-10H2,1-3H3,(H,17,19)/t11-,14+/m1/s1. The number of rotatable bonds is 6. The average Bonchev–Trinajstić information content (AvgIpc) is 2.85. The third kappa shape index (κ3) is 5.05. The van der Waals surface area contributed by atoms with Crippen molar-refractivity contribution in [2.45, 2.75) is 39.8 Å². The number of carbonyl (C=O) groups is 1. The summed E-state index contributed by atoms with van der Waals surface area (Å²) in [5.74, 6) is 0.457. The van der Waals surface area contributed by atoms with Crippen molar-refractivity contribution in [1.82, 2.24) is 15.2 Å². The Kier molecular flexibility index (Phi) is 6.14. The summed E-state index contributed by atoms with van der Waals surface area (Å²) in [7, 11) is 0. The van der Waals surface area contributed by atoms with Crippen molar-refractivity contribution in [2.24, 2.45) is 5.92 Å². The molecule has 0 bridgehead atoms. The maximum atomic E-state index is 11.7. The third-order valence-corrected chi connectivity index (χ3v) is 4.72. The van der Waals surface area contributed by atoms with E-state index in [1.165, 1.54) is 4.88 Å². The van der Waals surface area contributed by atoms with Gasteiger partial charge in [0.05, 0.1) is 5.01 Å². The van der Waals surface area contributed by atoms with E-state index in [0.29, 0.717) is 12.5 Å². The molecule has 0 radical (unpaired) electrons. The van der Waals surface area contributed by atoms with E-state index in [-0.39, 0.29) is 18.6 Å². The first-order valence-electron chi connectivity index (χ1n) is 7.59. The predicted molar refractivity (Wildman–Crippen MR) is 84.3 cm³/mol. The van der Waals surface area contributed by atoms with Crippen LogP contribution in [-0.2, 0) is 16.1 Å². The number of amides is 1. The molecule has 1 amide bonds. The number of aromatic nitrogens is 1. The first kappa shape index (κ1) is 16.4. The zero-order valence-electron chi connectivity index (χ0n) is 13.1. The normalized spacial score (nSPS) is 23.2. The van der Waals surface area contributed by atoms with Gasteiger partial charge in [-0.05, 0) is 26.2 Å². The number of nitrogens with zero attached hydrogens (tertiary/aromatic N) is 2. The van der Waals surface area contributed by atoms with Crippen LogP contribution in [0.25, 0.3) is 0 Å². The molecular weight excluding hydrogens is 286 g/mol. The van der Waals surface area contributed by atoms with Gasteiger partial charge in [0.25, 0.3) is 0 Å². The van der Waals surface area contributed by atoms with Gasteiger partial charge >= 0.3 is 0 Å². The number of aryl methyl sites for hydroxylation is 1. The number of likely N-dealkylation sites (tertiary alicyclic amines) is 1. The second kappa shape index (κ2) is 7.87. The van der Waals surface area contributed by atoms with Crippen LogP contribution in [0.5, 0.6) is 0 Å². The van der Waals surface area contributed by atoms with Crippen molar-refractivity contribution in [2.75, 3.05) is 26.3 Å². The van der Waals surface area contributed by atoms with Crippen molar-refractivity contribution in [3.8, 4) is 0 Å². The van der Waals surface area contributed by atoms with Gasteiger partial charge in [0.2, 0.25) is 5.91 Å². The Morgan fingerprint density at radius 2 is 2.43 bits per heavy atom. The fraction of sp³-hybridized carbons (Fsp3) is 0.733. The quantitative estimate of drug-likeness (QED) is 0.870. The topological polar surface area (TPSA) is 54.5 Å². The highest BCUT2D eigenvalue weighted by Gasteiger charge is 2.27. The lowest BCUT2D eigenvalue weighted by Gasteiger charge is -2.37. The van der Waals surface area contributed by atoms with Crippen LogP contribution in [0, 0.1) is 12.8 Å². The molecule has 1 aromatic rings. The molecule has 0 unspecified atom stereocenters. The Morgan fingerprint density at radius 1 is 1.62 bits per heavy atom. The molecule has 1 aromatic heterocycles. The van der Waals surface area contributed by atoms with Crippen LogP contribution >= 0.6 is 11.3 Å². The summed E-state index contributed by atoms with van der Waals surface area (Å²) < 4.78 is 5.15. The molecular formula is C15H25N3O2S. The van der Waals surface area contributed by atoms with Gasteiger partial charge in [-0.15, -0.1) is 11.3 Å². The SMILES string of the molecule is CCOCC(=O)N[C@H]1CCN(Cc2cnc(C)s2)C[C@H]1C. The predicted octanol–water partition coefficient (Wildman–Crippen LogP) is 1.81. The van der Waals surface area contributed by atoms with Gasteiger partial charge in [0, 0.05) is 43.4 Å². The second-order valence-electron chi connectivity index (χ2n) is 5.66. The molecule has 1 aliphatic rings. The summed E-state index contributed by atoms with van der Waals surface area (Å²) >= 11 is 1.76. The third-order valence-electron chi connectivity index (χ3n) is 3.82. The highest BCUT2D eigenvalue weighted by Crippen LogP contribution is 2.21. The molecule has 21 heavy (non-hydrogen) atoms. The summed E-state index contributed by atoms with van der Waals surface area (Å²) in [6.45, 7) is 9.88. The minimum atomic E-state index is 0.000214. The Balaban J connectivity index is 1.77. The van der Waals surface area contributed by atoms with E-state index in [1.807, 2.05) is 20.0 Å². The molecule has 1 fully saturated rings. The lowest BCUT2D eigenvalue weighted by atomic mass is 9.94. The Labute approximate surface area is 130 Å². The van der Waals surface area contributed by atoms with Gasteiger partial charge in [0.1, 0.15) is 6.61 Å². The summed E-state index contributed by atoms with van der Waals surface area (Å²) in [4.78, 5) is 19.8. The Bertz CT molecular complexity index is 464. The van der Waals surface area contributed by atoms with Gasteiger partial charge < -0.3 is 10.1 Å². The minimum Gasteiger partial charge on any atom is -0.372 e. The molecule has 1 aliphatic heterocycles. The number of hydrogen-bond donors (Lipinski definition) is 1. The van der Waals surface area contributed by atoms with Crippen molar-refractivity contribution in [1.29, 1.82) is 0 Å². The van der Waals surface area contributed by atoms with Crippen LogP contribution in [0.15, 0.2) is 6.20 Å². The van der Waals surface area contributed by atoms with Crippen LogP contribution in [-0.4, -0.2) is 48.1 Å². The van der Waals surface area contributed by atoms with Gasteiger partial charge in [-0.3, -0.25) is 9.69 Å². The van der Waals surface area contributed by atoms with Crippen LogP contribution < -0.4 is 5.32 Å². The van der Waals surface area contributed by atoms with E-state index in [1.54, 1.807) is 11.3 Å². The molecule has 1 saturated heterocycles. The van der Waals surface area contributed by atoms with Gasteiger partial charge in [-0.25, -0.2) is 4.98 Å². The zero-order valence-corrected chi connectivity index (χ0v) is 13.9. The van der Waals surface area contributed by atoms with Crippen molar-refractivity contribution in [3.05, 3.63) is 16.1 Å². The highest BCUT2D eigenvalue weighted by atomic mass is 32.1. The molecule has 0 aromatic carbocycles. The van der Waals surface area contributed by atoms with Crippen molar-refractivity contribution >= 4 is 17.2 Å². The summed E-state index contributed by atoms with van der Waals surface area (Å²) in [5.41, 5.74) is 0. The fourth-order valence-corrected chi connectivity index (χ4v) is 3.57. The lowest BCUT2D eigenvalue weighted by Crippen LogP contribution is -2.50. The minimum absolute atomic E-state index is 0.000214. The molecule has 1 N–H and O–H groups in total. The van der Waals surface area contributed by atoms with E-state index in [2.05, 4.69) is 22.1 Å². The zero-order chi connectivity index (χ0) is 15.2. The Morgan fingerprint density at radius 3 is 3.05 bits per heavy atom.